The van der Waals surface area contributed by atoms with Gasteiger partial charge in [0.25, 0.3) is 5.91 Å². The van der Waals surface area contributed by atoms with Crippen molar-refractivity contribution in [2.75, 3.05) is 5.32 Å². The topological polar surface area (TPSA) is 78.4 Å². The van der Waals surface area contributed by atoms with Gasteiger partial charge < -0.3 is 10.4 Å². The number of thiocarbonyl (C=S) groups is 1. The fourth-order valence-electron chi connectivity index (χ4n) is 2.28. The summed E-state index contributed by atoms with van der Waals surface area (Å²) in [4.78, 5) is 24.1. The molecule has 1 heterocycles. The molecule has 1 aromatic heterocycles. The van der Waals surface area contributed by atoms with Crippen molar-refractivity contribution in [3.63, 3.8) is 0 Å². The Hall–Kier alpha value is -2.19. The molecule has 0 spiro atoms. The van der Waals surface area contributed by atoms with Gasteiger partial charge in [-0.25, -0.2) is 4.79 Å². The van der Waals surface area contributed by atoms with Gasteiger partial charge in [0.05, 0.1) is 16.3 Å². The summed E-state index contributed by atoms with van der Waals surface area (Å²) in [6, 6.07) is 11.7. The summed E-state index contributed by atoms with van der Waals surface area (Å²) in [6.45, 7) is 0. The van der Waals surface area contributed by atoms with Gasteiger partial charge in [0.15, 0.2) is 5.11 Å². The maximum absolute atomic E-state index is 12.5. The van der Waals surface area contributed by atoms with Crippen LogP contribution in [0.4, 0.5) is 5.69 Å². The molecule has 3 N–H and O–H groups in total. The van der Waals surface area contributed by atoms with E-state index in [-0.39, 0.29) is 21.4 Å². The van der Waals surface area contributed by atoms with Gasteiger partial charge in [0, 0.05) is 15.1 Å². The molecule has 0 atom stereocenters. The number of nitrogens with one attached hydrogen (secondary N) is 2. The number of carbonyl (C=O) groups is 2. The number of fused-ring (bicyclic) bond motifs is 1. The molecule has 9 heteroatoms. The summed E-state index contributed by atoms with van der Waals surface area (Å²) in [6.07, 6.45) is 0. The standard InChI is InChI=1S/C17H10Cl2N2O3S2/c18-8-5-6-11(10(7-8)16(23)24)20-17(25)21-15(22)14-13(19)9-3-1-2-4-12(9)26-14/h1-7H,(H,23,24)(H2,20,21,22,25). The van der Waals surface area contributed by atoms with E-state index in [1.165, 1.54) is 29.5 Å². The van der Waals surface area contributed by atoms with Gasteiger partial charge in [-0.2, -0.15) is 0 Å². The second kappa shape index (κ2) is 7.59. The number of thiophene rings is 1. The predicted molar refractivity (Wildman–Crippen MR) is 109 cm³/mol. The smallest absolute Gasteiger partial charge is 0.337 e. The van der Waals surface area contributed by atoms with E-state index in [4.69, 9.17) is 35.4 Å². The van der Waals surface area contributed by atoms with Crippen molar-refractivity contribution in [1.29, 1.82) is 0 Å². The molecule has 1 amide bonds. The Morgan fingerprint density at radius 3 is 2.54 bits per heavy atom. The third-order valence-electron chi connectivity index (χ3n) is 3.43. The Morgan fingerprint density at radius 2 is 1.85 bits per heavy atom. The lowest BCUT2D eigenvalue weighted by Crippen LogP contribution is -2.34. The Bertz CT molecular complexity index is 1050. The number of benzene rings is 2. The summed E-state index contributed by atoms with van der Waals surface area (Å²) in [5, 5.41) is 15.8. The Morgan fingerprint density at radius 1 is 1.12 bits per heavy atom. The first-order valence-corrected chi connectivity index (χ1v) is 9.17. The molecule has 3 aromatic rings. The van der Waals surface area contributed by atoms with Crippen molar-refractivity contribution in [1.82, 2.24) is 5.32 Å². The minimum Gasteiger partial charge on any atom is -0.478 e. The molecule has 0 radical (unpaired) electrons. The molecular formula is C17H10Cl2N2O3S2. The Balaban J connectivity index is 1.79. The van der Waals surface area contributed by atoms with Crippen LogP contribution in [0.1, 0.15) is 20.0 Å². The third kappa shape index (κ3) is 3.81. The number of hydrogen-bond acceptors (Lipinski definition) is 4. The molecule has 0 saturated carbocycles. The maximum Gasteiger partial charge on any atom is 0.337 e. The van der Waals surface area contributed by atoms with Crippen molar-refractivity contribution in [2.45, 2.75) is 0 Å². The van der Waals surface area contributed by atoms with Gasteiger partial charge >= 0.3 is 5.97 Å². The Kier molecular flexibility index (Phi) is 5.43. The maximum atomic E-state index is 12.5. The fraction of sp³-hybridized carbons (Fsp3) is 0. The van der Waals surface area contributed by atoms with Crippen molar-refractivity contribution >= 4 is 79.5 Å². The van der Waals surface area contributed by atoms with E-state index in [9.17, 15) is 14.7 Å². The monoisotopic (exact) mass is 424 g/mol. The van der Waals surface area contributed by atoms with Crippen LogP contribution in [-0.2, 0) is 0 Å². The molecule has 26 heavy (non-hydrogen) atoms. The van der Waals surface area contributed by atoms with Gasteiger partial charge in [-0.15, -0.1) is 11.3 Å². The number of halogens is 2. The number of anilines is 1. The normalized spacial score (nSPS) is 10.5. The molecule has 5 nitrogen and oxygen atoms in total. The van der Waals surface area contributed by atoms with Crippen LogP contribution >= 0.6 is 46.8 Å². The largest absolute Gasteiger partial charge is 0.478 e. The highest BCUT2D eigenvalue weighted by molar-refractivity contribution is 7.80. The van der Waals surface area contributed by atoms with Crippen LogP contribution < -0.4 is 10.6 Å². The summed E-state index contributed by atoms with van der Waals surface area (Å²) in [5.41, 5.74) is 0.156. The second-order valence-corrected chi connectivity index (χ2v) is 7.42. The van der Waals surface area contributed by atoms with Crippen LogP contribution in [0.25, 0.3) is 10.1 Å². The number of rotatable bonds is 3. The second-order valence-electron chi connectivity index (χ2n) is 5.14. The summed E-state index contributed by atoms with van der Waals surface area (Å²) in [5.74, 6) is -1.64. The number of hydrogen-bond donors (Lipinski definition) is 3. The zero-order chi connectivity index (χ0) is 18.8. The van der Waals surface area contributed by atoms with Gasteiger partial charge in [-0.1, -0.05) is 41.4 Å². The lowest BCUT2D eigenvalue weighted by atomic mass is 10.2. The molecule has 0 saturated heterocycles. The van der Waals surface area contributed by atoms with Crippen LogP contribution in [0.5, 0.6) is 0 Å². The lowest BCUT2D eigenvalue weighted by Gasteiger charge is -2.11. The minimum atomic E-state index is -1.17. The highest BCUT2D eigenvalue weighted by Gasteiger charge is 2.19. The van der Waals surface area contributed by atoms with E-state index >= 15 is 0 Å². The Labute approximate surface area is 167 Å². The highest BCUT2D eigenvalue weighted by atomic mass is 35.5. The number of aromatic carboxylic acids is 1. The van der Waals surface area contributed by atoms with E-state index in [1.807, 2.05) is 24.3 Å². The number of carboxylic acid groups (broad SMARTS) is 1. The van der Waals surface area contributed by atoms with E-state index in [0.29, 0.717) is 9.90 Å². The summed E-state index contributed by atoms with van der Waals surface area (Å²) < 4.78 is 0.882. The average Bonchev–Trinajstić information content (AvgIpc) is 2.93. The highest BCUT2D eigenvalue weighted by Crippen LogP contribution is 2.35. The first-order chi connectivity index (χ1) is 12.4. The van der Waals surface area contributed by atoms with Crippen molar-refractivity contribution < 1.29 is 14.7 Å². The van der Waals surface area contributed by atoms with Crippen LogP contribution in [0.15, 0.2) is 42.5 Å². The third-order valence-corrected chi connectivity index (χ3v) is 5.54. The van der Waals surface area contributed by atoms with Gasteiger partial charge in [0.1, 0.15) is 4.88 Å². The molecule has 0 aliphatic rings. The molecule has 0 aliphatic heterocycles. The number of amides is 1. The van der Waals surface area contributed by atoms with Crippen LogP contribution in [0.2, 0.25) is 10.0 Å². The quantitative estimate of drug-likeness (QED) is 0.513. The van der Waals surface area contributed by atoms with E-state index in [1.54, 1.807) is 0 Å². The SMILES string of the molecule is O=C(O)c1cc(Cl)ccc1NC(=S)NC(=O)c1sc2ccccc2c1Cl. The fourth-order valence-corrected chi connectivity index (χ4v) is 4.06. The summed E-state index contributed by atoms with van der Waals surface area (Å²) in [7, 11) is 0. The molecular weight excluding hydrogens is 415 g/mol. The molecule has 3 rings (SSSR count). The summed E-state index contributed by atoms with van der Waals surface area (Å²) >= 11 is 18.4. The molecule has 2 aromatic carbocycles. The van der Waals surface area contributed by atoms with Crippen molar-refractivity contribution in [3.8, 4) is 0 Å². The molecule has 0 aliphatic carbocycles. The first kappa shape index (κ1) is 18.6. The minimum absolute atomic E-state index is 0.0478. The van der Waals surface area contributed by atoms with Gasteiger partial charge in [-0.05, 0) is 36.5 Å². The van der Waals surface area contributed by atoms with E-state index in [2.05, 4.69) is 10.6 Å². The zero-order valence-electron chi connectivity index (χ0n) is 12.9. The number of carboxylic acids is 1. The van der Waals surface area contributed by atoms with Gasteiger partial charge in [0.2, 0.25) is 0 Å². The van der Waals surface area contributed by atoms with Crippen molar-refractivity contribution in [3.05, 3.63) is 63.0 Å². The van der Waals surface area contributed by atoms with Crippen LogP contribution in [0, 0.1) is 0 Å². The molecule has 0 fully saturated rings. The molecule has 0 unspecified atom stereocenters. The molecule has 132 valence electrons. The predicted octanol–water partition coefficient (Wildman–Crippen LogP) is 5.03. The average molecular weight is 425 g/mol. The molecule has 0 bridgehead atoms. The lowest BCUT2D eigenvalue weighted by molar-refractivity contribution is 0.0698. The van der Waals surface area contributed by atoms with E-state index < -0.39 is 11.9 Å². The zero-order valence-corrected chi connectivity index (χ0v) is 16.0. The number of carbonyl (C=O) groups excluding carboxylic acids is 1. The van der Waals surface area contributed by atoms with E-state index in [0.717, 1.165) is 10.1 Å². The first-order valence-electron chi connectivity index (χ1n) is 7.19. The van der Waals surface area contributed by atoms with Crippen LogP contribution in [0.3, 0.4) is 0 Å². The van der Waals surface area contributed by atoms with Gasteiger partial charge in [-0.3, -0.25) is 10.1 Å². The van der Waals surface area contributed by atoms with Crippen molar-refractivity contribution in [2.24, 2.45) is 0 Å². The van der Waals surface area contributed by atoms with Crippen LogP contribution in [-0.4, -0.2) is 22.1 Å².